The molecule has 1 heterocycles. The minimum absolute atomic E-state index is 0.0876. The number of ether oxygens (including phenoxy) is 1. The molecule has 1 saturated heterocycles. The van der Waals surface area contributed by atoms with Gasteiger partial charge in [-0.1, -0.05) is 0 Å². The first kappa shape index (κ1) is 10.5. The van der Waals surface area contributed by atoms with E-state index in [4.69, 9.17) is 4.74 Å². The molecule has 1 rings (SSSR count). The first-order valence-electron chi connectivity index (χ1n) is 4.02. The van der Waals surface area contributed by atoms with Crippen LogP contribution in [0.3, 0.4) is 0 Å². The van der Waals surface area contributed by atoms with Crippen LogP contribution in [0.1, 0.15) is 13.8 Å². The maximum absolute atomic E-state index is 11.4. The number of carbonyl (C=O) groups excluding carboxylic acids is 1. The quantitative estimate of drug-likeness (QED) is 0.676. The number of nitrogens with one attached hydrogen (secondary N) is 1. The largest absolute Gasteiger partial charge is 0.379 e. The second-order valence-corrected chi connectivity index (χ2v) is 5.40. The smallest absolute Gasteiger partial charge is 0.244 e. The highest BCUT2D eigenvalue weighted by atomic mass is 32.2. The average Bonchev–Trinajstić information content (AvgIpc) is 1.99. The first-order valence-corrected chi connectivity index (χ1v) is 5.67. The third-order valence-corrected chi connectivity index (χ3v) is 3.27. The Morgan fingerprint density at radius 2 is 2.08 bits per heavy atom. The number of carbonyl (C=O) groups is 1. The van der Waals surface area contributed by atoms with Crippen LogP contribution in [0.15, 0.2) is 0 Å². The van der Waals surface area contributed by atoms with Crippen molar-refractivity contribution >= 4 is 15.9 Å². The molecule has 0 atom stereocenters. The van der Waals surface area contributed by atoms with Crippen LogP contribution in [-0.4, -0.2) is 33.3 Å². The lowest BCUT2D eigenvalue weighted by Crippen LogP contribution is -2.53. The van der Waals surface area contributed by atoms with Crippen LogP contribution in [0.2, 0.25) is 0 Å². The Labute approximate surface area is 77.5 Å². The molecule has 76 valence electrons. The van der Waals surface area contributed by atoms with Gasteiger partial charge in [-0.3, -0.25) is 9.52 Å². The van der Waals surface area contributed by atoms with Crippen LogP contribution >= 0.6 is 0 Å². The normalized spacial score (nSPS) is 20.5. The Hall–Kier alpha value is -0.620. The molecule has 0 unspecified atom stereocenters. The van der Waals surface area contributed by atoms with Gasteiger partial charge in [0.05, 0.1) is 24.4 Å². The van der Waals surface area contributed by atoms with E-state index in [-0.39, 0.29) is 19.0 Å². The molecule has 0 saturated carbocycles. The maximum Gasteiger partial charge on any atom is 0.244 e. The fourth-order valence-electron chi connectivity index (χ4n) is 0.876. The van der Waals surface area contributed by atoms with Gasteiger partial charge in [-0.15, -0.1) is 0 Å². The molecular formula is C7H13NO4S. The van der Waals surface area contributed by atoms with Crippen LogP contribution in [0.25, 0.3) is 0 Å². The first-order chi connectivity index (χ1) is 5.90. The molecule has 0 aromatic carbocycles. The second kappa shape index (κ2) is 3.26. The zero-order valence-electron chi connectivity index (χ0n) is 7.66. The van der Waals surface area contributed by atoms with Crippen molar-refractivity contribution in [2.24, 2.45) is 5.41 Å². The Balaban J connectivity index is 2.60. The van der Waals surface area contributed by atoms with Crippen molar-refractivity contribution in [1.82, 2.24) is 4.72 Å². The summed E-state index contributed by atoms with van der Waals surface area (Å²) < 4.78 is 28.9. The molecule has 0 bridgehead atoms. The fraction of sp³-hybridized carbons (Fsp3) is 0.857. The molecule has 1 aliphatic heterocycles. The number of rotatable bonds is 3. The van der Waals surface area contributed by atoms with Crippen molar-refractivity contribution in [2.75, 3.05) is 19.0 Å². The molecule has 0 radical (unpaired) electrons. The van der Waals surface area contributed by atoms with E-state index in [0.717, 1.165) is 0 Å². The summed E-state index contributed by atoms with van der Waals surface area (Å²) in [6, 6.07) is 0. The van der Waals surface area contributed by atoms with Crippen molar-refractivity contribution < 1.29 is 17.9 Å². The third-order valence-electron chi connectivity index (χ3n) is 2.02. The lowest BCUT2D eigenvalue weighted by molar-refractivity contribution is -0.155. The molecule has 1 fully saturated rings. The summed E-state index contributed by atoms with van der Waals surface area (Å²) in [5.74, 6) is -0.559. The summed E-state index contributed by atoms with van der Waals surface area (Å²) >= 11 is 0. The molecule has 0 aliphatic carbocycles. The molecule has 6 heteroatoms. The predicted octanol–water partition coefficient (Wildman–Crippen LogP) is -0.511. The standard InChI is InChI=1S/C7H13NO4S/c1-3-13(10,11)8-6(9)7(2)4-12-5-7/h3-5H2,1-2H3,(H,8,9). The second-order valence-electron chi connectivity index (χ2n) is 3.39. The van der Waals surface area contributed by atoms with E-state index in [1.165, 1.54) is 6.92 Å². The predicted molar refractivity (Wildman–Crippen MR) is 46.5 cm³/mol. The highest BCUT2D eigenvalue weighted by Gasteiger charge is 2.42. The molecule has 1 aliphatic rings. The van der Waals surface area contributed by atoms with E-state index in [9.17, 15) is 13.2 Å². The molecule has 5 nitrogen and oxygen atoms in total. The number of amides is 1. The van der Waals surface area contributed by atoms with Gasteiger partial charge in [0.2, 0.25) is 15.9 Å². The van der Waals surface area contributed by atoms with E-state index < -0.39 is 21.3 Å². The van der Waals surface area contributed by atoms with E-state index in [2.05, 4.69) is 0 Å². The van der Waals surface area contributed by atoms with Crippen molar-refractivity contribution in [3.8, 4) is 0 Å². The summed E-state index contributed by atoms with van der Waals surface area (Å²) in [7, 11) is -3.43. The molecule has 0 aromatic rings. The van der Waals surface area contributed by atoms with Crippen molar-refractivity contribution in [3.63, 3.8) is 0 Å². The van der Waals surface area contributed by atoms with Gasteiger partial charge in [0.25, 0.3) is 0 Å². The SMILES string of the molecule is CCS(=O)(=O)NC(=O)C1(C)COC1. The molecular weight excluding hydrogens is 194 g/mol. The van der Waals surface area contributed by atoms with Gasteiger partial charge in [0.1, 0.15) is 0 Å². The van der Waals surface area contributed by atoms with Gasteiger partial charge in [0, 0.05) is 0 Å². The number of hydrogen-bond acceptors (Lipinski definition) is 4. The molecule has 0 aromatic heterocycles. The number of hydrogen-bond donors (Lipinski definition) is 1. The van der Waals surface area contributed by atoms with Crippen molar-refractivity contribution in [3.05, 3.63) is 0 Å². The zero-order valence-corrected chi connectivity index (χ0v) is 8.48. The van der Waals surface area contributed by atoms with Crippen molar-refractivity contribution in [2.45, 2.75) is 13.8 Å². The van der Waals surface area contributed by atoms with Gasteiger partial charge in [-0.2, -0.15) is 0 Å². The van der Waals surface area contributed by atoms with Gasteiger partial charge >= 0.3 is 0 Å². The molecule has 1 amide bonds. The Morgan fingerprint density at radius 3 is 2.38 bits per heavy atom. The highest BCUT2D eigenvalue weighted by Crippen LogP contribution is 2.26. The van der Waals surface area contributed by atoms with Gasteiger partial charge in [0.15, 0.2) is 0 Å². The van der Waals surface area contributed by atoms with E-state index >= 15 is 0 Å². The summed E-state index contributed by atoms with van der Waals surface area (Å²) in [6.45, 7) is 3.74. The van der Waals surface area contributed by atoms with Crippen LogP contribution in [0.4, 0.5) is 0 Å². The minimum Gasteiger partial charge on any atom is -0.379 e. The lowest BCUT2D eigenvalue weighted by atomic mass is 9.88. The van der Waals surface area contributed by atoms with Crippen LogP contribution < -0.4 is 4.72 Å². The summed E-state index contributed by atoms with van der Waals surface area (Å²) in [6.07, 6.45) is 0. The van der Waals surface area contributed by atoms with Crippen LogP contribution in [0.5, 0.6) is 0 Å². The number of sulfonamides is 1. The van der Waals surface area contributed by atoms with Crippen LogP contribution in [-0.2, 0) is 19.6 Å². The minimum atomic E-state index is -3.43. The maximum atomic E-state index is 11.4. The summed E-state index contributed by atoms with van der Waals surface area (Å²) in [5.41, 5.74) is -0.664. The topological polar surface area (TPSA) is 72.5 Å². The Bertz CT molecular complexity index is 304. The average molecular weight is 207 g/mol. The monoisotopic (exact) mass is 207 g/mol. The summed E-state index contributed by atoms with van der Waals surface area (Å²) in [4.78, 5) is 11.4. The Kier molecular flexibility index (Phi) is 2.63. The molecule has 0 spiro atoms. The van der Waals surface area contributed by atoms with Gasteiger partial charge in [-0.25, -0.2) is 8.42 Å². The zero-order chi connectivity index (χ0) is 10.1. The van der Waals surface area contributed by atoms with Gasteiger partial charge in [-0.05, 0) is 13.8 Å². The van der Waals surface area contributed by atoms with E-state index in [1.807, 2.05) is 4.72 Å². The van der Waals surface area contributed by atoms with Crippen molar-refractivity contribution in [1.29, 1.82) is 0 Å². The van der Waals surface area contributed by atoms with E-state index in [0.29, 0.717) is 0 Å². The Morgan fingerprint density at radius 1 is 1.54 bits per heavy atom. The fourth-order valence-corrected chi connectivity index (χ4v) is 1.55. The van der Waals surface area contributed by atoms with E-state index in [1.54, 1.807) is 6.92 Å². The molecule has 1 N–H and O–H groups in total. The van der Waals surface area contributed by atoms with Crippen LogP contribution in [0, 0.1) is 5.41 Å². The third kappa shape index (κ3) is 2.19. The molecule has 13 heavy (non-hydrogen) atoms. The summed E-state index contributed by atoms with van der Waals surface area (Å²) in [5, 5.41) is 0. The lowest BCUT2D eigenvalue weighted by Gasteiger charge is -2.35. The van der Waals surface area contributed by atoms with Gasteiger partial charge < -0.3 is 4.74 Å². The highest BCUT2D eigenvalue weighted by molar-refractivity contribution is 7.90.